The number of aliphatic hydroxyl groups is 3. The molecule has 2 aromatic heterocycles. The van der Waals surface area contributed by atoms with E-state index in [1.807, 2.05) is 0 Å². The molecule has 11 heteroatoms. The summed E-state index contributed by atoms with van der Waals surface area (Å²) < 4.78 is 6.99. The second-order valence-electron chi connectivity index (χ2n) is 5.64. The van der Waals surface area contributed by atoms with E-state index >= 15 is 0 Å². The number of nitrogens with one attached hydrogen (secondary N) is 1. The molecule has 6 N–H and O–H groups in total. The summed E-state index contributed by atoms with van der Waals surface area (Å²) in [5.74, 6) is 0.374. The minimum Gasteiger partial charge on any atom is -0.394 e. The van der Waals surface area contributed by atoms with Crippen molar-refractivity contribution in [2.45, 2.75) is 38.4 Å². The van der Waals surface area contributed by atoms with Crippen LogP contribution in [-0.4, -0.2) is 65.5 Å². The molecule has 4 atom stereocenters. The van der Waals surface area contributed by atoms with Gasteiger partial charge in [-0.1, -0.05) is 0 Å². The zero-order valence-electron chi connectivity index (χ0n) is 13.2. The zero-order valence-corrected chi connectivity index (χ0v) is 13.2. The quantitative estimate of drug-likeness (QED) is 0.341. The van der Waals surface area contributed by atoms with Crippen LogP contribution in [0.25, 0.3) is 11.2 Å². The molecule has 1 aliphatic rings. The summed E-state index contributed by atoms with van der Waals surface area (Å²) in [7, 11) is 0. The third-order valence-electron chi connectivity index (χ3n) is 3.66. The van der Waals surface area contributed by atoms with Crippen molar-refractivity contribution in [1.29, 1.82) is 0 Å². The van der Waals surface area contributed by atoms with E-state index in [9.17, 15) is 15.3 Å². The number of nitrogen functional groups attached to an aromatic ring is 1. The predicted octanol–water partition coefficient (Wildman–Crippen LogP) is -1.17. The summed E-state index contributed by atoms with van der Waals surface area (Å²) in [4.78, 5) is 12.3. The van der Waals surface area contributed by atoms with Gasteiger partial charge in [-0.2, -0.15) is 5.10 Å². The Bertz CT molecular complexity index is 773. The van der Waals surface area contributed by atoms with Crippen molar-refractivity contribution in [2.75, 3.05) is 17.8 Å². The van der Waals surface area contributed by atoms with Gasteiger partial charge in [0, 0.05) is 5.71 Å². The molecule has 1 fully saturated rings. The van der Waals surface area contributed by atoms with Crippen LogP contribution < -0.4 is 11.2 Å². The van der Waals surface area contributed by atoms with Crippen LogP contribution in [0, 0.1) is 0 Å². The van der Waals surface area contributed by atoms with E-state index in [2.05, 4.69) is 25.5 Å². The summed E-state index contributed by atoms with van der Waals surface area (Å²) >= 11 is 0. The van der Waals surface area contributed by atoms with E-state index in [-0.39, 0.29) is 11.8 Å². The van der Waals surface area contributed by atoms with Gasteiger partial charge in [0.15, 0.2) is 23.2 Å². The standard InChI is InChI=1S/C13H19N7O4/c1-5(2)18-19-13-17-7-10(14)15-4-16-11(7)20(13)12-9(23)8(22)6(3-21)24-12/h4,6,8-9,12,21-23H,3H2,1-2H3,(H,17,19)(H2,14,15,16)/t6-,8+,9+,12+/m0/s1. The molecule has 130 valence electrons. The van der Waals surface area contributed by atoms with Gasteiger partial charge in [-0.05, 0) is 13.8 Å². The monoisotopic (exact) mass is 337 g/mol. The van der Waals surface area contributed by atoms with E-state index in [1.54, 1.807) is 13.8 Å². The Balaban J connectivity index is 2.13. The van der Waals surface area contributed by atoms with Crippen molar-refractivity contribution in [3.63, 3.8) is 0 Å². The van der Waals surface area contributed by atoms with Crippen molar-refractivity contribution in [3.8, 4) is 0 Å². The molecule has 1 aliphatic heterocycles. The van der Waals surface area contributed by atoms with Gasteiger partial charge in [0.25, 0.3) is 0 Å². The number of fused-ring (bicyclic) bond motifs is 1. The fourth-order valence-corrected chi connectivity index (χ4v) is 2.50. The van der Waals surface area contributed by atoms with Gasteiger partial charge in [0.1, 0.15) is 24.6 Å². The molecule has 11 nitrogen and oxygen atoms in total. The molecule has 3 heterocycles. The van der Waals surface area contributed by atoms with E-state index in [0.29, 0.717) is 11.2 Å². The molecule has 0 aromatic carbocycles. The predicted molar refractivity (Wildman–Crippen MR) is 85.2 cm³/mol. The van der Waals surface area contributed by atoms with Crippen LogP contribution in [0.3, 0.4) is 0 Å². The molecular formula is C13H19N7O4. The van der Waals surface area contributed by atoms with Crippen LogP contribution in [0.1, 0.15) is 20.1 Å². The average molecular weight is 337 g/mol. The number of hydrogen-bond acceptors (Lipinski definition) is 10. The molecule has 3 rings (SSSR count). The Morgan fingerprint density at radius 1 is 1.38 bits per heavy atom. The number of nitrogens with two attached hydrogens (primary N) is 1. The molecule has 0 bridgehead atoms. The topological polar surface area (TPSA) is 164 Å². The van der Waals surface area contributed by atoms with Gasteiger partial charge in [-0.25, -0.2) is 20.4 Å². The van der Waals surface area contributed by atoms with Crippen LogP contribution in [0.5, 0.6) is 0 Å². The number of hydrogen-bond donors (Lipinski definition) is 5. The average Bonchev–Trinajstić information content (AvgIpc) is 3.05. The Hall–Kier alpha value is -2.34. The lowest BCUT2D eigenvalue weighted by Gasteiger charge is -2.18. The van der Waals surface area contributed by atoms with E-state index in [0.717, 1.165) is 5.71 Å². The molecule has 0 aliphatic carbocycles. The normalized spacial score (nSPS) is 26.7. The van der Waals surface area contributed by atoms with Crippen molar-refractivity contribution in [2.24, 2.45) is 5.10 Å². The SMILES string of the molecule is CC(C)=NNc1nc2c(N)ncnc2n1[C@@H]1O[C@@H](CO)[C@@H](O)[C@H]1O. The first kappa shape index (κ1) is 16.5. The Morgan fingerprint density at radius 2 is 2.12 bits per heavy atom. The Labute approximate surface area is 136 Å². The fourth-order valence-electron chi connectivity index (χ4n) is 2.50. The third kappa shape index (κ3) is 2.67. The highest BCUT2D eigenvalue weighted by Crippen LogP contribution is 2.35. The second-order valence-corrected chi connectivity index (χ2v) is 5.64. The number of rotatable bonds is 4. The number of ether oxygens (including phenoxy) is 1. The van der Waals surface area contributed by atoms with Crippen LogP contribution >= 0.6 is 0 Å². The lowest BCUT2D eigenvalue weighted by Crippen LogP contribution is -2.33. The highest BCUT2D eigenvalue weighted by molar-refractivity contribution is 5.84. The first-order valence-electron chi connectivity index (χ1n) is 7.31. The summed E-state index contributed by atoms with van der Waals surface area (Å²) in [6.45, 7) is 3.15. The summed E-state index contributed by atoms with van der Waals surface area (Å²) in [6.07, 6.45) is -3.23. The fraction of sp³-hybridized carbons (Fsp3) is 0.538. The van der Waals surface area contributed by atoms with Crippen LogP contribution in [0.2, 0.25) is 0 Å². The summed E-state index contributed by atoms with van der Waals surface area (Å²) in [6, 6.07) is 0. The van der Waals surface area contributed by atoms with Gasteiger partial charge in [0.05, 0.1) is 6.61 Å². The molecule has 0 radical (unpaired) electrons. The lowest BCUT2D eigenvalue weighted by molar-refractivity contribution is -0.0501. The molecular weight excluding hydrogens is 318 g/mol. The molecule has 2 aromatic rings. The van der Waals surface area contributed by atoms with Crippen molar-refractivity contribution in [1.82, 2.24) is 19.5 Å². The maximum Gasteiger partial charge on any atom is 0.228 e. The third-order valence-corrected chi connectivity index (χ3v) is 3.66. The van der Waals surface area contributed by atoms with Gasteiger partial charge in [-0.15, -0.1) is 0 Å². The van der Waals surface area contributed by atoms with E-state index in [1.165, 1.54) is 10.9 Å². The number of imidazole rings is 1. The minimum absolute atomic E-state index is 0.158. The van der Waals surface area contributed by atoms with Crippen molar-refractivity contribution in [3.05, 3.63) is 6.33 Å². The first-order valence-corrected chi connectivity index (χ1v) is 7.31. The van der Waals surface area contributed by atoms with Crippen molar-refractivity contribution < 1.29 is 20.1 Å². The van der Waals surface area contributed by atoms with Gasteiger partial charge >= 0.3 is 0 Å². The zero-order chi connectivity index (χ0) is 17.4. The number of anilines is 2. The molecule has 0 spiro atoms. The summed E-state index contributed by atoms with van der Waals surface area (Å²) in [5, 5.41) is 33.6. The number of aliphatic hydroxyl groups excluding tert-OH is 3. The largest absolute Gasteiger partial charge is 0.394 e. The number of aromatic nitrogens is 4. The number of hydrazone groups is 1. The van der Waals surface area contributed by atoms with Crippen molar-refractivity contribution >= 4 is 28.6 Å². The Morgan fingerprint density at radius 3 is 2.75 bits per heavy atom. The van der Waals surface area contributed by atoms with Gasteiger partial charge in [-0.3, -0.25) is 4.57 Å². The first-order chi connectivity index (χ1) is 11.4. The molecule has 0 amide bonds. The van der Waals surface area contributed by atoms with Crippen LogP contribution in [0.4, 0.5) is 11.8 Å². The maximum atomic E-state index is 10.3. The minimum atomic E-state index is -1.29. The molecule has 24 heavy (non-hydrogen) atoms. The second kappa shape index (κ2) is 6.28. The molecule has 1 saturated heterocycles. The highest BCUT2D eigenvalue weighted by atomic mass is 16.6. The maximum absolute atomic E-state index is 10.3. The Kier molecular flexibility index (Phi) is 4.32. The van der Waals surface area contributed by atoms with E-state index in [4.69, 9.17) is 10.5 Å². The number of nitrogens with zero attached hydrogens (tertiary/aromatic N) is 5. The van der Waals surface area contributed by atoms with E-state index < -0.39 is 31.1 Å². The smallest absolute Gasteiger partial charge is 0.228 e. The molecule has 0 saturated carbocycles. The summed E-state index contributed by atoms with van der Waals surface area (Å²) in [5.41, 5.74) is 9.94. The van der Waals surface area contributed by atoms with Crippen LogP contribution in [-0.2, 0) is 4.74 Å². The van der Waals surface area contributed by atoms with Gasteiger partial charge in [0.2, 0.25) is 5.95 Å². The molecule has 0 unspecified atom stereocenters. The van der Waals surface area contributed by atoms with Crippen LogP contribution in [0.15, 0.2) is 11.4 Å². The lowest BCUT2D eigenvalue weighted by atomic mass is 10.1. The van der Waals surface area contributed by atoms with Gasteiger partial charge < -0.3 is 25.8 Å². The highest BCUT2D eigenvalue weighted by Gasteiger charge is 2.45.